The highest BCUT2D eigenvalue weighted by atomic mass is 16.5. The zero-order valence-electron chi connectivity index (χ0n) is 34.5. The molecule has 0 heterocycles. The number of anilines is 2. The Kier molecular flexibility index (Phi) is 18.3. The van der Waals surface area contributed by atoms with E-state index in [0.29, 0.717) is 24.2 Å². The summed E-state index contributed by atoms with van der Waals surface area (Å²) in [5.41, 5.74) is 7.68. The standard InChI is InChI=1S/C49H62N2O5/c1-7-10-33-51(34-11-8-2)45-30-20-39(21-31-45)17-23-43-37-47(54-5)42(36-48(43)55-6)22-16-38-18-28-44(29-19-38)50(4)32-14-12-13-15-35-56-49(53)41-26-24-40(25-27-41)46(52)9-3/h16-31,36-37H,7-15,32-35H2,1-6H3/b22-16+,23-17+. The Labute approximate surface area is 336 Å². The average Bonchev–Trinajstić information content (AvgIpc) is 3.24. The fourth-order valence-corrected chi connectivity index (χ4v) is 6.46. The number of ketones is 1. The minimum Gasteiger partial charge on any atom is -0.496 e. The van der Waals surface area contributed by atoms with E-state index in [1.165, 1.54) is 31.4 Å². The fraction of sp³-hybridized carbons (Fsp3) is 0.388. The molecule has 0 aliphatic rings. The summed E-state index contributed by atoms with van der Waals surface area (Å²) >= 11 is 0. The van der Waals surface area contributed by atoms with Crippen LogP contribution in [0, 0.1) is 0 Å². The van der Waals surface area contributed by atoms with Crippen molar-refractivity contribution in [3.05, 3.63) is 118 Å². The van der Waals surface area contributed by atoms with E-state index in [-0.39, 0.29) is 11.8 Å². The molecule has 7 heteroatoms. The summed E-state index contributed by atoms with van der Waals surface area (Å²) in [5.74, 6) is 1.29. The van der Waals surface area contributed by atoms with Crippen molar-refractivity contribution in [3.8, 4) is 11.5 Å². The second kappa shape index (κ2) is 23.6. The number of hydrogen-bond acceptors (Lipinski definition) is 7. The molecule has 298 valence electrons. The fourth-order valence-electron chi connectivity index (χ4n) is 6.46. The molecule has 0 bridgehead atoms. The predicted octanol–water partition coefficient (Wildman–Crippen LogP) is 11.9. The van der Waals surface area contributed by atoms with Crippen LogP contribution in [-0.2, 0) is 4.74 Å². The molecule has 0 aliphatic heterocycles. The van der Waals surface area contributed by atoms with E-state index in [1.54, 1.807) is 38.5 Å². The van der Waals surface area contributed by atoms with Crippen molar-refractivity contribution in [2.45, 2.75) is 78.6 Å². The number of methoxy groups -OCH3 is 2. The Hall–Kier alpha value is -5.30. The van der Waals surface area contributed by atoms with Crippen LogP contribution in [0.3, 0.4) is 0 Å². The topological polar surface area (TPSA) is 68.3 Å². The van der Waals surface area contributed by atoms with Gasteiger partial charge in [0.2, 0.25) is 0 Å². The molecular weight excluding hydrogens is 697 g/mol. The Morgan fingerprint density at radius 1 is 0.571 bits per heavy atom. The van der Waals surface area contributed by atoms with Gasteiger partial charge in [0.25, 0.3) is 0 Å². The number of rotatable bonds is 24. The summed E-state index contributed by atoms with van der Waals surface area (Å²) in [6, 6.07) is 28.2. The van der Waals surface area contributed by atoms with Gasteiger partial charge < -0.3 is 24.0 Å². The molecule has 0 aliphatic carbocycles. The van der Waals surface area contributed by atoms with Gasteiger partial charge in [0.05, 0.1) is 26.4 Å². The normalized spacial score (nSPS) is 11.2. The molecule has 0 saturated heterocycles. The smallest absolute Gasteiger partial charge is 0.338 e. The summed E-state index contributed by atoms with van der Waals surface area (Å²) in [4.78, 5) is 28.9. The maximum atomic E-state index is 12.3. The minimum absolute atomic E-state index is 0.0642. The van der Waals surface area contributed by atoms with Crippen molar-refractivity contribution in [1.29, 1.82) is 0 Å². The number of nitrogens with zero attached hydrogens (tertiary/aromatic N) is 2. The molecule has 0 radical (unpaired) electrons. The van der Waals surface area contributed by atoms with Crippen LogP contribution in [-0.4, -0.2) is 59.3 Å². The van der Waals surface area contributed by atoms with E-state index >= 15 is 0 Å². The van der Waals surface area contributed by atoms with Crippen LogP contribution < -0.4 is 19.3 Å². The molecule has 4 aromatic rings. The first-order valence-corrected chi connectivity index (χ1v) is 20.4. The van der Waals surface area contributed by atoms with Crippen LogP contribution in [0.4, 0.5) is 11.4 Å². The van der Waals surface area contributed by atoms with Gasteiger partial charge in [0.1, 0.15) is 11.5 Å². The highest BCUT2D eigenvalue weighted by Crippen LogP contribution is 2.32. The monoisotopic (exact) mass is 758 g/mol. The highest BCUT2D eigenvalue weighted by Gasteiger charge is 2.11. The number of unbranched alkanes of at least 4 members (excludes halogenated alkanes) is 5. The number of carbonyl (C=O) groups is 2. The van der Waals surface area contributed by atoms with Gasteiger partial charge in [-0.1, -0.05) is 101 Å². The zero-order valence-corrected chi connectivity index (χ0v) is 34.5. The predicted molar refractivity (Wildman–Crippen MR) is 235 cm³/mol. The van der Waals surface area contributed by atoms with Crippen molar-refractivity contribution in [2.24, 2.45) is 0 Å². The maximum absolute atomic E-state index is 12.3. The summed E-state index contributed by atoms with van der Waals surface area (Å²) in [7, 11) is 5.52. The third-order valence-electron chi connectivity index (χ3n) is 10.0. The van der Waals surface area contributed by atoms with Gasteiger partial charge in [0.15, 0.2) is 5.78 Å². The molecular formula is C49H62N2O5. The molecule has 56 heavy (non-hydrogen) atoms. The van der Waals surface area contributed by atoms with Gasteiger partial charge in [0, 0.05) is 61.2 Å². The number of carbonyl (C=O) groups excluding carboxylic acids is 2. The molecule has 7 nitrogen and oxygen atoms in total. The lowest BCUT2D eigenvalue weighted by molar-refractivity contribution is 0.0497. The van der Waals surface area contributed by atoms with Gasteiger partial charge in [-0.25, -0.2) is 4.79 Å². The lowest BCUT2D eigenvalue weighted by Crippen LogP contribution is -2.25. The molecule has 0 fully saturated rings. The van der Waals surface area contributed by atoms with Gasteiger partial charge in [-0.15, -0.1) is 0 Å². The molecule has 4 aromatic carbocycles. The summed E-state index contributed by atoms with van der Waals surface area (Å²) < 4.78 is 17.1. The van der Waals surface area contributed by atoms with Crippen molar-refractivity contribution >= 4 is 47.4 Å². The first kappa shape index (κ1) is 43.4. The van der Waals surface area contributed by atoms with E-state index in [4.69, 9.17) is 14.2 Å². The molecule has 0 atom stereocenters. The highest BCUT2D eigenvalue weighted by molar-refractivity contribution is 5.97. The van der Waals surface area contributed by atoms with Gasteiger partial charge in [-0.2, -0.15) is 0 Å². The number of benzene rings is 4. The van der Waals surface area contributed by atoms with Crippen molar-refractivity contribution in [3.63, 3.8) is 0 Å². The van der Waals surface area contributed by atoms with Crippen LogP contribution in [0.25, 0.3) is 24.3 Å². The summed E-state index contributed by atoms with van der Waals surface area (Å²) in [5, 5.41) is 0. The summed E-state index contributed by atoms with van der Waals surface area (Å²) in [6.07, 6.45) is 17.6. The maximum Gasteiger partial charge on any atom is 0.338 e. The van der Waals surface area contributed by atoms with Crippen LogP contribution >= 0.6 is 0 Å². The van der Waals surface area contributed by atoms with E-state index < -0.39 is 0 Å². The molecule has 0 spiro atoms. The molecule has 4 rings (SSSR count). The van der Waals surface area contributed by atoms with Gasteiger partial charge in [-0.3, -0.25) is 4.79 Å². The van der Waals surface area contributed by atoms with Crippen molar-refractivity contribution in [1.82, 2.24) is 0 Å². The Morgan fingerprint density at radius 2 is 1.07 bits per heavy atom. The summed E-state index contributed by atoms with van der Waals surface area (Å²) in [6.45, 7) is 9.85. The van der Waals surface area contributed by atoms with E-state index in [1.807, 2.05) is 19.1 Å². The van der Waals surface area contributed by atoms with Crippen LogP contribution in [0.5, 0.6) is 11.5 Å². The molecule has 0 unspecified atom stereocenters. The first-order chi connectivity index (χ1) is 27.3. The number of ether oxygens (including phenoxy) is 3. The van der Waals surface area contributed by atoms with Crippen molar-refractivity contribution < 1.29 is 23.8 Å². The molecule has 0 aromatic heterocycles. The number of esters is 1. The SMILES string of the molecule is CCCCN(CCCC)c1ccc(/C=C/c2cc(OC)c(/C=C/c3ccc(N(C)CCCCCCOC(=O)c4ccc(C(=O)CC)cc4)cc3)cc2OC)cc1. The number of Topliss-reactive ketones (excluding diaryl/α,β-unsaturated/α-hetero) is 1. The lowest BCUT2D eigenvalue weighted by atomic mass is 10.0. The molecule has 0 N–H and O–H groups in total. The lowest BCUT2D eigenvalue weighted by Gasteiger charge is -2.24. The van der Waals surface area contributed by atoms with E-state index in [9.17, 15) is 9.59 Å². The first-order valence-electron chi connectivity index (χ1n) is 20.4. The largest absolute Gasteiger partial charge is 0.496 e. The minimum atomic E-state index is -0.345. The average molecular weight is 759 g/mol. The van der Waals surface area contributed by atoms with Crippen molar-refractivity contribution in [2.75, 3.05) is 57.3 Å². The van der Waals surface area contributed by atoms with Gasteiger partial charge >= 0.3 is 5.97 Å². The van der Waals surface area contributed by atoms with Gasteiger partial charge in [-0.05, 0) is 91.8 Å². The number of hydrogen-bond donors (Lipinski definition) is 0. The third-order valence-corrected chi connectivity index (χ3v) is 10.0. The Balaban J connectivity index is 1.25. The second-order valence-corrected chi connectivity index (χ2v) is 14.2. The second-order valence-electron chi connectivity index (χ2n) is 14.2. The molecule has 0 amide bonds. The molecule has 0 saturated carbocycles. The zero-order chi connectivity index (χ0) is 40.1. The van der Waals surface area contributed by atoms with E-state index in [0.717, 1.165) is 84.8 Å². The quantitative estimate of drug-likeness (QED) is 0.0305. The Bertz CT molecular complexity index is 1840. The van der Waals surface area contributed by atoms with E-state index in [2.05, 4.69) is 104 Å². The Morgan fingerprint density at radius 3 is 1.57 bits per heavy atom. The third kappa shape index (κ3) is 13.5. The van der Waals surface area contributed by atoms with Crippen LogP contribution in [0.15, 0.2) is 84.9 Å². The van der Waals surface area contributed by atoms with Crippen LogP contribution in [0.2, 0.25) is 0 Å². The van der Waals surface area contributed by atoms with Crippen LogP contribution in [0.1, 0.15) is 122 Å².